The van der Waals surface area contributed by atoms with Gasteiger partial charge in [0.05, 0.1) is 12.3 Å². The Morgan fingerprint density at radius 2 is 2.06 bits per heavy atom. The van der Waals surface area contributed by atoms with Gasteiger partial charge < -0.3 is 10.1 Å². The lowest BCUT2D eigenvalue weighted by Crippen LogP contribution is -2.20. The first-order valence-corrected chi connectivity index (χ1v) is 6.44. The smallest absolute Gasteiger partial charge is 0.0641 e. The quantitative estimate of drug-likeness (QED) is 0.705. The molecule has 0 aliphatic heterocycles. The highest BCUT2D eigenvalue weighted by Crippen LogP contribution is 2.10. The van der Waals surface area contributed by atoms with Crippen molar-refractivity contribution < 1.29 is 4.74 Å². The fourth-order valence-electron chi connectivity index (χ4n) is 1.78. The van der Waals surface area contributed by atoms with E-state index in [0.717, 1.165) is 38.4 Å². The van der Waals surface area contributed by atoms with E-state index in [-0.39, 0.29) is 0 Å². The zero-order valence-corrected chi connectivity index (χ0v) is 11.5. The Bertz CT molecular complexity index is 334. The van der Waals surface area contributed by atoms with Crippen molar-refractivity contribution in [3.05, 3.63) is 17.0 Å². The summed E-state index contributed by atoms with van der Waals surface area (Å²) in [5.41, 5.74) is 3.66. The number of aryl methyl sites for hydroxylation is 2. The molecular weight excluding hydrogens is 214 g/mol. The zero-order valence-electron chi connectivity index (χ0n) is 11.5. The van der Waals surface area contributed by atoms with Crippen molar-refractivity contribution >= 4 is 0 Å². The third kappa shape index (κ3) is 4.48. The van der Waals surface area contributed by atoms with Gasteiger partial charge in [0.1, 0.15) is 0 Å². The van der Waals surface area contributed by atoms with E-state index in [1.54, 1.807) is 0 Å². The minimum Gasteiger partial charge on any atom is -0.380 e. The van der Waals surface area contributed by atoms with Gasteiger partial charge in [-0.05, 0) is 20.3 Å². The van der Waals surface area contributed by atoms with Crippen molar-refractivity contribution in [3.8, 4) is 0 Å². The van der Waals surface area contributed by atoms with Gasteiger partial charge in [0.15, 0.2) is 0 Å². The molecule has 0 unspecified atom stereocenters. The molecule has 1 N–H and O–H groups in total. The van der Waals surface area contributed by atoms with Crippen LogP contribution in [0.15, 0.2) is 0 Å². The number of rotatable bonds is 8. The Kier molecular flexibility index (Phi) is 6.22. The normalized spacial score (nSPS) is 11.1. The standard InChI is InChI=1S/C13H25N3O/c1-5-6-8-17-9-7-14-10-13-11(2)15-16(4)12(13)3/h14H,5-10H2,1-4H3. The van der Waals surface area contributed by atoms with E-state index in [1.807, 2.05) is 11.7 Å². The third-order valence-corrected chi connectivity index (χ3v) is 3.03. The summed E-state index contributed by atoms with van der Waals surface area (Å²) in [6.45, 7) is 9.79. The van der Waals surface area contributed by atoms with Gasteiger partial charge in [0.2, 0.25) is 0 Å². The first kappa shape index (κ1) is 14.2. The fourth-order valence-corrected chi connectivity index (χ4v) is 1.78. The van der Waals surface area contributed by atoms with Crippen molar-refractivity contribution in [1.82, 2.24) is 15.1 Å². The molecule has 0 atom stereocenters. The molecule has 4 nitrogen and oxygen atoms in total. The molecule has 0 aliphatic carbocycles. The zero-order chi connectivity index (χ0) is 12.7. The molecule has 1 rings (SSSR count). The predicted octanol–water partition coefficient (Wildman–Crippen LogP) is 1.94. The predicted molar refractivity (Wildman–Crippen MR) is 70.1 cm³/mol. The number of aromatic nitrogens is 2. The third-order valence-electron chi connectivity index (χ3n) is 3.03. The van der Waals surface area contributed by atoms with Crippen LogP contribution in [0.3, 0.4) is 0 Å². The van der Waals surface area contributed by atoms with Crippen LogP contribution in [0.2, 0.25) is 0 Å². The van der Waals surface area contributed by atoms with Crippen molar-refractivity contribution in [3.63, 3.8) is 0 Å². The van der Waals surface area contributed by atoms with Crippen LogP contribution in [0.4, 0.5) is 0 Å². The summed E-state index contributed by atoms with van der Waals surface area (Å²) in [7, 11) is 1.99. The Morgan fingerprint density at radius 3 is 2.65 bits per heavy atom. The summed E-state index contributed by atoms with van der Waals surface area (Å²) in [6.07, 6.45) is 2.35. The van der Waals surface area contributed by atoms with Crippen molar-refractivity contribution in [2.75, 3.05) is 19.8 Å². The van der Waals surface area contributed by atoms with Crippen LogP contribution < -0.4 is 5.32 Å². The molecule has 0 bridgehead atoms. The minimum absolute atomic E-state index is 0.790. The maximum absolute atomic E-state index is 5.49. The summed E-state index contributed by atoms with van der Waals surface area (Å²) >= 11 is 0. The maximum Gasteiger partial charge on any atom is 0.0641 e. The largest absolute Gasteiger partial charge is 0.380 e. The van der Waals surface area contributed by atoms with Crippen LogP contribution in [0.1, 0.15) is 36.7 Å². The number of hydrogen-bond acceptors (Lipinski definition) is 3. The number of hydrogen-bond donors (Lipinski definition) is 1. The number of nitrogens with zero attached hydrogens (tertiary/aromatic N) is 2. The number of nitrogens with one attached hydrogen (secondary N) is 1. The van der Waals surface area contributed by atoms with Gasteiger partial charge in [-0.2, -0.15) is 5.10 Å². The Hall–Kier alpha value is -0.870. The highest BCUT2D eigenvalue weighted by Gasteiger charge is 2.07. The Labute approximate surface area is 104 Å². The lowest BCUT2D eigenvalue weighted by Gasteiger charge is -2.06. The topological polar surface area (TPSA) is 39.1 Å². The second kappa shape index (κ2) is 7.45. The van der Waals surface area contributed by atoms with Crippen molar-refractivity contribution in [1.29, 1.82) is 0 Å². The van der Waals surface area contributed by atoms with Crippen LogP contribution in [0.5, 0.6) is 0 Å². The second-order valence-electron chi connectivity index (χ2n) is 4.42. The molecule has 0 saturated carbocycles. The van der Waals surface area contributed by atoms with Crippen LogP contribution in [-0.2, 0) is 18.3 Å². The van der Waals surface area contributed by atoms with E-state index < -0.39 is 0 Å². The molecule has 1 heterocycles. The molecule has 17 heavy (non-hydrogen) atoms. The summed E-state index contributed by atoms with van der Waals surface area (Å²) in [4.78, 5) is 0. The van der Waals surface area contributed by atoms with E-state index in [4.69, 9.17) is 4.74 Å². The van der Waals surface area contributed by atoms with E-state index in [9.17, 15) is 0 Å². The molecule has 1 aromatic heterocycles. The molecule has 0 aliphatic rings. The second-order valence-corrected chi connectivity index (χ2v) is 4.42. The summed E-state index contributed by atoms with van der Waals surface area (Å²) in [5, 5.41) is 7.79. The maximum atomic E-state index is 5.49. The lowest BCUT2D eigenvalue weighted by molar-refractivity contribution is 0.133. The first-order valence-electron chi connectivity index (χ1n) is 6.44. The van der Waals surface area contributed by atoms with E-state index in [2.05, 4.69) is 31.2 Å². The highest BCUT2D eigenvalue weighted by atomic mass is 16.5. The average Bonchev–Trinajstić information content (AvgIpc) is 2.54. The monoisotopic (exact) mass is 239 g/mol. The van der Waals surface area contributed by atoms with E-state index in [1.165, 1.54) is 17.7 Å². The van der Waals surface area contributed by atoms with Gasteiger partial charge in [-0.1, -0.05) is 13.3 Å². The first-order chi connectivity index (χ1) is 8.16. The van der Waals surface area contributed by atoms with Crippen LogP contribution in [0.25, 0.3) is 0 Å². The molecule has 0 spiro atoms. The molecule has 98 valence electrons. The number of ether oxygens (including phenoxy) is 1. The Balaban J connectivity index is 2.18. The van der Waals surface area contributed by atoms with Crippen molar-refractivity contribution in [2.24, 2.45) is 7.05 Å². The minimum atomic E-state index is 0.790. The lowest BCUT2D eigenvalue weighted by atomic mass is 10.2. The molecular formula is C13H25N3O. The van der Waals surface area contributed by atoms with Gasteiger partial charge in [-0.15, -0.1) is 0 Å². The van der Waals surface area contributed by atoms with Crippen LogP contribution in [-0.4, -0.2) is 29.5 Å². The molecule has 0 fully saturated rings. The molecule has 0 amide bonds. The van der Waals surface area contributed by atoms with Crippen LogP contribution >= 0.6 is 0 Å². The molecule has 0 aromatic carbocycles. The molecule has 0 saturated heterocycles. The van der Waals surface area contributed by atoms with Gasteiger partial charge in [0, 0.05) is 38.0 Å². The van der Waals surface area contributed by atoms with Gasteiger partial charge in [-0.25, -0.2) is 0 Å². The molecule has 0 radical (unpaired) electrons. The van der Waals surface area contributed by atoms with Crippen LogP contribution in [0, 0.1) is 13.8 Å². The summed E-state index contributed by atoms with van der Waals surface area (Å²) in [5.74, 6) is 0. The van der Waals surface area contributed by atoms with E-state index >= 15 is 0 Å². The average molecular weight is 239 g/mol. The van der Waals surface area contributed by atoms with Gasteiger partial charge >= 0.3 is 0 Å². The van der Waals surface area contributed by atoms with Gasteiger partial charge in [0.25, 0.3) is 0 Å². The summed E-state index contributed by atoms with van der Waals surface area (Å²) in [6, 6.07) is 0. The highest BCUT2D eigenvalue weighted by molar-refractivity contribution is 5.23. The van der Waals surface area contributed by atoms with Crippen molar-refractivity contribution in [2.45, 2.75) is 40.2 Å². The van der Waals surface area contributed by atoms with E-state index in [0.29, 0.717) is 0 Å². The Morgan fingerprint density at radius 1 is 1.29 bits per heavy atom. The summed E-state index contributed by atoms with van der Waals surface area (Å²) < 4.78 is 7.43. The fraction of sp³-hybridized carbons (Fsp3) is 0.769. The van der Waals surface area contributed by atoms with Gasteiger partial charge in [-0.3, -0.25) is 4.68 Å². The number of unbranched alkanes of at least 4 members (excludes halogenated alkanes) is 1. The SMILES string of the molecule is CCCCOCCNCc1c(C)nn(C)c1C. The molecule has 4 heteroatoms. The molecule has 1 aromatic rings.